The molecule has 0 spiro atoms. The van der Waals surface area contributed by atoms with Gasteiger partial charge in [0.15, 0.2) is 0 Å². The minimum absolute atomic E-state index is 0.0225. The minimum atomic E-state index is -4.41. The number of hydrogen-bond donors (Lipinski definition) is 4. The lowest BCUT2D eigenvalue weighted by atomic mass is 9.92. The first kappa shape index (κ1) is 42.1. The van der Waals surface area contributed by atoms with E-state index >= 15 is 0 Å². The average Bonchev–Trinajstić information content (AvgIpc) is 3.66. The summed E-state index contributed by atoms with van der Waals surface area (Å²) >= 11 is 0. The zero-order valence-corrected chi connectivity index (χ0v) is 29.1. The molecule has 2 unspecified atom stereocenters. The average molecular weight is 751 g/mol. The molecule has 2 aromatic carbocycles. The molecule has 2 amide bonds. The molecule has 17 heteroatoms. The maximum Gasteiger partial charge on any atom is 0.416 e. The number of benzene rings is 2. The van der Waals surface area contributed by atoms with Crippen LogP contribution in [-0.2, 0) is 25.4 Å². The Kier molecular flexibility index (Phi) is 15.1. The zero-order chi connectivity index (χ0) is 39.5. The molecule has 2 atom stereocenters. The summed E-state index contributed by atoms with van der Waals surface area (Å²) in [6.07, 6.45) is -1.50. The number of urea groups is 1. The van der Waals surface area contributed by atoms with Gasteiger partial charge in [-0.3, -0.25) is 9.80 Å². The molecule has 0 aromatic heterocycles. The summed E-state index contributed by atoms with van der Waals surface area (Å²) in [6.45, 7) is 10.5. The number of aliphatic carboxylic acids is 4. The summed E-state index contributed by atoms with van der Waals surface area (Å²) in [7, 11) is 0. The molecular weight excluding hydrogens is 708 g/mol. The molecule has 5 rings (SSSR count). The molecule has 2 saturated heterocycles. The molecule has 13 nitrogen and oxygen atoms in total. The number of alkyl halides is 3. The Morgan fingerprint density at radius 3 is 1.74 bits per heavy atom. The van der Waals surface area contributed by atoms with E-state index in [1.165, 1.54) is 24.3 Å². The molecule has 53 heavy (non-hydrogen) atoms. The predicted octanol–water partition coefficient (Wildman–Crippen LogP) is 4.61. The Morgan fingerprint density at radius 2 is 1.28 bits per heavy atom. The van der Waals surface area contributed by atoms with E-state index < -0.39 is 35.6 Å². The van der Waals surface area contributed by atoms with Gasteiger partial charge in [-0.05, 0) is 61.2 Å². The molecule has 3 aliphatic rings. The van der Waals surface area contributed by atoms with E-state index in [-0.39, 0.29) is 29.8 Å². The Labute approximate surface area is 303 Å². The summed E-state index contributed by atoms with van der Waals surface area (Å²) in [6, 6.07) is 10.6. The predicted molar refractivity (Wildman–Crippen MR) is 183 cm³/mol. The van der Waals surface area contributed by atoms with Gasteiger partial charge in [-0.25, -0.2) is 28.4 Å². The number of carbonyl (C=O) groups is 5. The second kappa shape index (κ2) is 19.0. The normalized spacial score (nSPS) is 19.2. The molecule has 2 aromatic rings. The third kappa shape index (κ3) is 12.7. The van der Waals surface area contributed by atoms with Crippen LogP contribution in [-0.4, -0.2) is 128 Å². The Bertz CT molecular complexity index is 1610. The molecule has 2 heterocycles. The van der Waals surface area contributed by atoms with Gasteiger partial charge < -0.3 is 30.2 Å². The summed E-state index contributed by atoms with van der Waals surface area (Å²) in [5, 5.41) is 31.2. The molecule has 288 valence electrons. The van der Waals surface area contributed by atoms with E-state index in [4.69, 9.17) is 20.4 Å². The zero-order valence-electron chi connectivity index (χ0n) is 29.1. The fourth-order valence-electron chi connectivity index (χ4n) is 6.32. The smallest absolute Gasteiger partial charge is 0.416 e. The quantitative estimate of drug-likeness (QED) is 0.197. The van der Waals surface area contributed by atoms with Gasteiger partial charge in [-0.2, -0.15) is 13.2 Å². The van der Waals surface area contributed by atoms with E-state index in [9.17, 15) is 41.5 Å². The van der Waals surface area contributed by atoms with E-state index in [1.54, 1.807) is 18.2 Å². The van der Waals surface area contributed by atoms with E-state index in [2.05, 4.69) is 9.80 Å². The molecule has 0 radical (unpaired) electrons. The van der Waals surface area contributed by atoms with Gasteiger partial charge in [0.2, 0.25) is 0 Å². The van der Waals surface area contributed by atoms with Crippen molar-refractivity contribution in [3.63, 3.8) is 0 Å². The van der Waals surface area contributed by atoms with Crippen molar-refractivity contribution in [2.75, 3.05) is 52.4 Å². The van der Waals surface area contributed by atoms with Gasteiger partial charge >= 0.3 is 36.1 Å². The Morgan fingerprint density at radius 1 is 0.755 bits per heavy atom. The van der Waals surface area contributed by atoms with Crippen LogP contribution in [0.5, 0.6) is 0 Å². The minimum Gasteiger partial charge on any atom is -0.478 e. The lowest BCUT2D eigenvalue weighted by Crippen LogP contribution is -2.49. The highest BCUT2D eigenvalue weighted by Crippen LogP contribution is 2.48. The molecule has 0 saturated carbocycles. The van der Waals surface area contributed by atoms with E-state index in [0.717, 1.165) is 56.9 Å². The van der Waals surface area contributed by atoms with Crippen LogP contribution >= 0.6 is 0 Å². The summed E-state index contributed by atoms with van der Waals surface area (Å²) in [5.41, 5.74) is 1.83. The van der Waals surface area contributed by atoms with Crippen molar-refractivity contribution >= 4 is 29.9 Å². The van der Waals surface area contributed by atoms with Crippen molar-refractivity contribution in [2.45, 2.75) is 44.4 Å². The van der Waals surface area contributed by atoms with Gasteiger partial charge in [0.1, 0.15) is 5.82 Å². The first-order valence-electron chi connectivity index (χ1n) is 16.6. The van der Waals surface area contributed by atoms with Crippen molar-refractivity contribution in [1.82, 2.24) is 19.6 Å². The number of amides is 2. The molecular formula is C36H42F4N4O9. The second-order valence-corrected chi connectivity index (χ2v) is 12.7. The number of carbonyl (C=O) groups excluding carboxylic acids is 1. The first-order valence-corrected chi connectivity index (χ1v) is 16.6. The number of carboxylic acid groups (broad SMARTS) is 4. The van der Waals surface area contributed by atoms with Crippen molar-refractivity contribution < 1.29 is 62.0 Å². The van der Waals surface area contributed by atoms with Gasteiger partial charge in [-0.15, -0.1) is 0 Å². The van der Waals surface area contributed by atoms with Gasteiger partial charge in [0.05, 0.1) is 5.56 Å². The third-order valence-corrected chi connectivity index (χ3v) is 8.90. The number of carboxylic acids is 4. The van der Waals surface area contributed by atoms with Crippen LogP contribution in [0.1, 0.15) is 54.5 Å². The number of piperazine rings is 1. The van der Waals surface area contributed by atoms with Crippen LogP contribution in [0, 0.1) is 5.82 Å². The molecule has 2 fully saturated rings. The molecule has 0 bridgehead atoms. The maximum atomic E-state index is 13.5. The van der Waals surface area contributed by atoms with Crippen LogP contribution in [0.3, 0.4) is 0 Å². The molecule has 1 aliphatic carbocycles. The number of halogens is 4. The highest BCUT2D eigenvalue weighted by molar-refractivity contribution is 5.90. The maximum absolute atomic E-state index is 13.5. The van der Waals surface area contributed by atoms with Crippen LogP contribution in [0.4, 0.5) is 22.4 Å². The van der Waals surface area contributed by atoms with Crippen molar-refractivity contribution in [1.29, 1.82) is 0 Å². The topological polar surface area (TPSA) is 179 Å². The fourth-order valence-corrected chi connectivity index (χ4v) is 6.32. The first-order chi connectivity index (χ1) is 24.9. The molecule has 4 N–H and O–H groups in total. The number of nitrogens with zero attached hydrogens (tertiary/aromatic N) is 4. The Balaban J connectivity index is 0.000000395. The van der Waals surface area contributed by atoms with Crippen molar-refractivity contribution in [2.24, 2.45) is 0 Å². The summed E-state index contributed by atoms with van der Waals surface area (Å²) in [5.74, 6) is -5.59. The Hall–Kier alpha value is -5.29. The van der Waals surface area contributed by atoms with Crippen LogP contribution < -0.4 is 0 Å². The SMILES string of the molecule is CC(C)N1CCN(CCN2CCN(C3CC(c4ccc(F)cc4)c4cc(C(F)(F)F)ccc43)CC2)C1=O.O=C(O)/C=C\C(=O)O.O=C(O)/C=C\C(=O)O. The van der Waals surface area contributed by atoms with Crippen LogP contribution in [0.2, 0.25) is 0 Å². The number of fused-ring (bicyclic) bond motifs is 1. The van der Waals surface area contributed by atoms with Gasteiger partial charge in [0, 0.05) is 94.7 Å². The highest BCUT2D eigenvalue weighted by Gasteiger charge is 2.39. The standard InChI is InChI=1S/C28H34F4N4O.2C4H4O4/c1-19(2)36-16-15-35(27(36)37)14-11-33-9-12-34(13-10-33)26-18-24(20-3-6-22(29)7-4-20)25-17-21(28(30,31)32)5-8-23(25)26;2*5-3(6)1-2-4(7)8/h3-8,17,19,24,26H,9-16,18H2,1-2H3;2*1-2H,(H,5,6)(H,7,8)/b;2*2-1-. The molecule has 2 aliphatic heterocycles. The summed E-state index contributed by atoms with van der Waals surface area (Å²) in [4.78, 5) is 59.3. The van der Waals surface area contributed by atoms with E-state index in [0.29, 0.717) is 42.8 Å². The monoisotopic (exact) mass is 750 g/mol. The van der Waals surface area contributed by atoms with Crippen molar-refractivity contribution in [3.05, 3.63) is 94.8 Å². The second-order valence-electron chi connectivity index (χ2n) is 12.7. The van der Waals surface area contributed by atoms with Crippen LogP contribution in [0.15, 0.2) is 66.8 Å². The van der Waals surface area contributed by atoms with E-state index in [1.807, 2.05) is 23.6 Å². The van der Waals surface area contributed by atoms with Crippen LogP contribution in [0.25, 0.3) is 0 Å². The summed E-state index contributed by atoms with van der Waals surface area (Å²) < 4.78 is 54.1. The third-order valence-electron chi connectivity index (χ3n) is 8.90. The highest BCUT2D eigenvalue weighted by atomic mass is 19.4. The van der Waals surface area contributed by atoms with Gasteiger partial charge in [-0.1, -0.05) is 18.2 Å². The number of rotatable bonds is 10. The fraction of sp³-hybridized carbons (Fsp3) is 0.417. The lowest BCUT2D eigenvalue weighted by Gasteiger charge is -2.39. The number of hydrogen-bond acceptors (Lipinski definition) is 7. The lowest BCUT2D eigenvalue weighted by molar-refractivity contribution is -0.137. The largest absolute Gasteiger partial charge is 0.478 e. The van der Waals surface area contributed by atoms with Gasteiger partial charge in [0.25, 0.3) is 0 Å². The van der Waals surface area contributed by atoms with Crippen molar-refractivity contribution in [3.8, 4) is 0 Å².